The average Bonchev–Trinajstić information content (AvgIpc) is 2.23. The summed E-state index contributed by atoms with van der Waals surface area (Å²) in [6.45, 7) is 13.4. The Balaban J connectivity index is 2.78. The van der Waals surface area contributed by atoms with E-state index >= 15 is 0 Å². The van der Waals surface area contributed by atoms with Crippen LogP contribution in [0.1, 0.15) is 41.0 Å². The van der Waals surface area contributed by atoms with Gasteiger partial charge in [-0.25, -0.2) is 4.79 Å². The minimum absolute atomic E-state index is 0.0190. The van der Waals surface area contributed by atoms with Crippen LogP contribution in [-0.2, 0) is 22.8 Å². The number of rotatable bonds is 5. The number of esters is 1. The maximum atomic E-state index is 11.5. The SMILES string of the molecule is C=C(C)C(=O)OC[Si]1(OCC)OC(C)CC(C)(C)O1. The highest BCUT2D eigenvalue weighted by molar-refractivity contribution is 6.61. The van der Waals surface area contributed by atoms with Crippen LogP contribution in [0.5, 0.6) is 0 Å². The van der Waals surface area contributed by atoms with E-state index < -0.39 is 14.8 Å². The van der Waals surface area contributed by atoms with E-state index in [0.29, 0.717) is 12.2 Å². The highest BCUT2D eigenvalue weighted by Crippen LogP contribution is 2.32. The van der Waals surface area contributed by atoms with Gasteiger partial charge in [-0.05, 0) is 41.0 Å². The molecule has 2 unspecified atom stereocenters. The smallest absolute Gasteiger partial charge is 0.458 e. The molecular weight excluding hydrogens is 264 g/mol. The molecule has 1 aliphatic rings. The second-order valence-electron chi connectivity index (χ2n) is 5.47. The molecule has 0 bridgehead atoms. The van der Waals surface area contributed by atoms with E-state index in [0.717, 1.165) is 6.42 Å². The lowest BCUT2D eigenvalue weighted by atomic mass is 10.0. The molecular formula is C13H24O5Si. The first-order valence-electron chi connectivity index (χ1n) is 6.54. The Morgan fingerprint density at radius 2 is 2.16 bits per heavy atom. The lowest BCUT2D eigenvalue weighted by Gasteiger charge is -2.44. The standard InChI is InChI=1S/C13H24O5Si/c1-7-16-19(9-15-12(14)10(2)3)17-11(4)8-13(5,6)18-19/h11H,2,7-9H2,1,3-6H3. The first kappa shape index (κ1) is 16.4. The molecule has 0 N–H and O–H groups in total. The van der Waals surface area contributed by atoms with E-state index in [1.807, 2.05) is 27.7 Å². The molecule has 0 aromatic heterocycles. The van der Waals surface area contributed by atoms with Crippen molar-refractivity contribution < 1.29 is 22.8 Å². The summed E-state index contributed by atoms with van der Waals surface area (Å²) < 4.78 is 22.7. The minimum atomic E-state index is -2.97. The van der Waals surface area contributed by atoms with Gasteiger partial charge in [0, 0.05) is 18.3 Å². The Morgan fingerprint density at radius 1 is 1.53 bits per heavy atom. The van der Waals surface area contributed by atoms with Gasteiger partial charge in [0.05, 0.1) is 5.60 Å². The Morgan fingerprint density at radius 3 is 2.63 bits per heavy atom. The van der Waals surface area contributed by atoms with Gasteiger partial charge in [0.2, 0.25) is 0 Å². The van der Waals surface area contributed by atoms with Crippen LogP contribution in [0.4, 0.5) is 0 Å². The molecule has 1 fully saturated rings. The third-order valence-electron chi connectivity index (χ3n) is 2.68. The second-order valence-corrected chi connectivity index (χ2v) is 7.85. The summed E-state index contributed by atoms with van der Waals surface area (Å²) in [5.74, 6) is -0.449. The Bertz CT molecular complexity index is 355. The van der Waals surface area contributed by atoms with E-state index in [9.17, 15) is 4.79 Å². The van der Waals surface area contributed by atoms with Crippen LogP contribution in [0.2, 0.25) is 0 Å². The zero-order valence-electron chi connectivity index (χ0n) is 12.4. The molecule has 0 aliphatic carbocycles. The molecule has 5 nitrogen and oxygen atoms in total. The van der Waals surface area contributed by atoms with Crippen molar-refractivity contribution in [3.8, 4) is 0 Å². The van der Waals surface area contributed by atoms with Gasteiger partial charge in [-0.15, -0.1) is 0 Å². The highest BCUT2D eigenvalue weighted by atomic mass is 28.4. The summed E-state index contributed by atoms with van der Waals surface area (Å²) in [7, 11) is -2.97. The summed E-state index contributed by atoms with van der Waals surface area (Å²) in [5, 5.41) is 0. The van der Waals surface area contributed by atoms with Gasteiger partial charge in [-0.1, -0.05) is 6.58 Å². The zero-order valence-corrected chi connectivity index (χ0v) is 13.4. The fourth-order valence-corrected chi connectivity index (χ4v) is 4.95. The third kappa shape index (κ3) is 4.72. The highest BCUT2D eigenvalue weighted by Gasteiger charge is 2.52. The van der Waals surface area contributed by atoms with E-state index in [1.54, 1.807) is 6.92 Å². The van der Waals surface area contributed by atoms with Gasteiger partial charge in [0.15, 0.2) is 6.23 Å². The molecule has 1 rings (SSSR count). The van der Waals surface area contributed by atoms with Crippen molar-refractivity contribution in [2.24, 2.45) is 0 Å². The summed E-state index contributed by atoms with van der Waals surface area (Å²) in [6.07, 6.45) is 0.828. The molecule has 1 heterocycles. The van der Waals surface area contributed by atoms with E-state index in [2.05, 4.69) is 6.58 Å². The van der Waals surface area contributed by atoms with E-state index in [4.69, 9.17) is 18.0 Å². The second kappa shape index (κ2) is 6.17. The largest absolute Gasteiger partial charge is 0.541 e. The number of hydrogen-bond donors (Lipinski definition) is 0. The Labute approximate surface area is 116 Å². The van der Waals surface area contributed by atoms with Crippen molar-refractivity contribution >= 4 is 14.8 Å². The quantitative estimate of drug-likeness (QED) is 0.441. The van der Waals surface area contributed by atoms with Crippen molar-refractivity contribution in [2.45, 2.75) is 52.7 Å². The number of ether oxygens (including phenoxy) is 1. The molecule has 2 atom stereocenters. The monoisotopic (exact) mass is 288 g/mol. The van der Waals surface area contributed by atoms with Crippen molar-refractivity contribution in [1.82, 2.24) is 0 Å². The topological polar surface area (TPSA) is 54.0 Å². The fourth-order valence-electron chi connectivity index (χ4n) is 2.19. The van der Waals surface area contributed by atoms with Crippen molar-refractivity contribution in [3.63, 3.8) is 0 Å². The van der Waals surface area contributed by atoms with Crippen LogP contribution in [-0.4, -0.2) is 39.3 Å². The number of carbonyl (C=O) groups excluding carboxylic acids is 1. The summed E-state index contributed by atoms with van der Waals surface area (Å²) in [6, 6.07) is 0. The molecule has 1 saturated heterocycles. The number of hydrogen-bond acceptors (Lipinski definition) is 5. The van der Waals surface area contributed by atoms with Crippen LogP contribution in [0.3, 0.4) is 0 Å². The normalized spacial score (nSPS) is 29.8. The van der Waals surface area contributed by atoms with Gasteiger partial charge < -0.3 is 18.0 Å². The summed E-state index contributed by atoms with van der Waals surface area (Å²) in [5.41, 5.74) is 0.0121. The molecule has 0 spiro atoms. The predicted octanol–water partition coefficient (Wildman–Crippen LogP) is 2.22. The number of carbonyl (C=O) groups is 1. The van der Waals surface area contributed by atoms with Gasteiger partial charge in [-0.3, -0.25) is 0 Å². The predicted molar refractivity (Wildman–Crippen MR) is 73.5 cm³/mol. The van der Waals surface area contributed by atoms with E-state index in [-0.39, 0.29) is 17.9 Å². The maximum Gasteiger partial charge on any atom is 0.541 e. The molecule has 0 aromatic rings. The molecule has 19 heavy (non-hydrogen) atoms. The van der Waals surface area contributed by atoms with Crippen LogP contribution < -0.4 is 0 Å². The third-order valence-corrected chi connectivity index (χ3v) is 5.54. The molecule has 110 valence electrons. The molecule has 0 aromatic carbocycles. The molecule has 0 amide bonds. The average molecular weight is 288 g/mol. The van der Waals surface area contributed by atoms with E-state index in [1.165, 1.54) is 0 Å². The lowest BCUT2D eigenvalue weighted by Crippen LogP contribution is -2.61. The molecule has 6 heteroatoms. The van der Waals surface area contributed by atoms with Crippen LogP contribution in [0, 0.1) is 0 Å². The Kier molecular flexibility index (Phi) is 5.31. The van der Waals surface area contributed by atoms with Gasteiger partial charge >= 0.3 is 14.8 Å². The van der Waals surface area contributed by atoms with Gasteiger partial charge in [-0.2, -0.15) is 0 Å². The van der Waals surface area contributed by atoms with Crippen molar-refractivity contribution in [1.29, 1.82) is 0 Å². The van der Waals surface area contributed by atoms with Gasteiger partial charge in [0.1, 0.15) is 0 Å². The summed E-state index contributed by atoms with van der Waals surface area (Å²) in [4.78, 5) is 11.5. The van der Waals surface area contributed by atoms with Crippen molar-refractivity contribution in [3.05, 3.63) is 12.2 Å². The zero-order chi connectivity index (χ0) is 14.7. The van der Waals surface area contributed by atoms with Crippen LogP contribution in [0.15, 0.2) is 12.2 Å². The van der Waals surface area contributed by atoms with Crippen molar-refractivity contribution in [2.75, 3.05) is 12.8 Å². The van der Waals surface area contributed by atoms with Crippen LogP contribution >= 0.6 is 0 Å². The first-order chi connectivity index (χ1) is 8.70. The minimum Gasteiger partial charge on any atom is -0.458 e. The maximum absolute atomic E-state index is 11.5. The van der Waals surface area contributed by atoms with Crippen LogP contribution in [0.25, 0.3) is 0 Å². The van der Waals surface area contributed by atoms with Gasteiger partial charge in [0.25, 0.3) is 0 Å². The molecule has 1 aliphatic heterocycles. The summed E-state index contributed by atoms with van der Waals surface area (Å²) >= 11 is 0. The lowest BCUT2D eigenvalue weighted by molar-refractivity contribution is -0.143. The first-order valence-corrected chi connectivity index (χ1v) is 8.47. The Hall–Kier alpha value is -0.693. The molecule has 0 saturated carbocycles. The fraction of sp³-hybridized carbons (Fsp3) is 0.769. The molecule has 0 radical (unpaired) electrons.